The fraction of sp³-hybridized carbons (Fsp3) is 0.526. The third-order valence-corrected chi connectivity index (χ3v) is 4.85. The first-order valence-electron chi connectivity index (χ1n) is 9.46. The largest absolute Gasteiger partial charge is 0.489 e. The second-order valence-corrected chi connectivity index (χ2v) is 7.15. The van der Waals surface area contributed by atoms with E-state index in [1.807, 2.05) is 31.2 Å². The molecule has 0 spiro atoms. The van der Waals surface area contributed by atoms with E-state index in [0.717, 1.165) is 50.0 Å². The molecule has 1 fully saturated rings. The highest BCUT2D eigenvalue weighted by Crippen LogP contribution is 2.25. The van der Waals surface area contributed by atoms with Gasteiger partial charge < -0.3 is 15.0 Å². The highest BCUT2D eigenvalue weighted by molar-refractivity contribution is 6.30. The van der Waals surface area contributed by atoms with Gasteiger partial charge in [0.25, 0.3) is 0 Å². The molecule has 2 N–H and O–H groups in total. The third kappa shape index (κ3) is 5.60. The molecule has 27 heavy (non-hydrogen) atoms. The smallest absolute Gasteiger partial charge is 0.194 e. The van der Waals surface area contributed by atoms with Crippen LogP contribution in [0, 0.1) is 0 Å². The first kappa shape index (κ1) is 19.5. The van der Waals surface area contributed by atoms with Gasteiger partial charge in [0.05, 0.1) is 6.54 Å². The van der Waals surface area contributed by atoms with E-state index in [2.05, 4.69) is 32.3 Å². The van der Waals surface area contributed by atoms with Crippen LogP contribution in [-0.2, 0) is 0 Å². The molecule has 1 saturated heterocycles. The van der Waals surface area contributed by atoms with Crippen molar-refractivity contribution in [3.8, 4) is 5.75 Å². The zero-order valence-corrected chi connectivity index (χ0v) is 16.6. The van der Waals surface area contributed by atoms with Crippen LogP contribution in [-0.4, -0.2) is 58.3 Å². The molecule has 0 saturated carbocycles. The number of hydrogen-bond acceptors (Lipinski definition) is 4. The maximum absolute atomic E-state index is 5.92. The lowest BCUT2D eigenvalue weighted by molar-refractivity contribution is 0.228. The summed E-state index contributed by atoms with van der Waals surface area (Å²) >= 11 is 5.91. The molecule has 1 atom stereocenters. The number of aromatic amines is 1. The Morgan fingerprint density at radius 2 is 2.11 bits per heavy atom. The Hall–Kier alpha value is -2.28. The Morgan fingerprint density at radius 1 is 1.37 bits per heavy atom. The van der Waals surface area contributed by atoms with Gasteiger partial charge in [0, 0.05) is 30.6 Å². The number of rotatable bonds is 6. The van der Waals surface area contributed by atoms with Crippen molar-refractivity contribution in [1.82, 2.24) is 25.4 Å². The number of likely N-dealkylation sites (tertiary alicyclic amines) is 1. The van der Waals surface area contributed by atoms with E-state index in [1.165, 1.54) is 0 Å². The molecule has 8 heteroatoms. The topological polar surface area (TPSA) is 78.4 Å². The quantitative estimate of drug-likeness (QED) is 0.585. The van der Waals surface area contributed by atoms with Crippen molar-refractivity contribution in [3.05, 3.63) is 41.4 Å². The Bertz CT molecular complexity index is 710. The highest BCUT2D eigenvalue weighted by atomic mass is 35.5. The zero-order valence-electron chi connectivity index (χ0n) is 15.9. The lowest BCUT2D eigenvalue weighted by Crippen LogP contribution is -2.45. The minimum absolute atomic E-state index is 0.0217. The summed E-state index contributed by atoms with van der Waals surface area (Å²) < 4.78 is 5.92. The van der Waals surface area contributed by atoms with Gasteiger partial charge in [-0.15, -0.1) is 0 Å². The van der Waals surface area contributed by atoms with E-state index in [-0.39, 0.29) is 6.10 Å². The van der Waals surface area contributed by atoms with Crippen LogP contribution in [0.3, 0.4) is 0 Å². The van der Waals surface area contributed by atoms with Gasteiger partial charge >= 0.3 is 0 Å². The van der Waals surface area contributed by atoms with E-state index < -0.39 is 0 Å². The maximum Gasteiger partial charge on any atom is 0.194 e. The normalized spacial score (nSPS) is 17.0. The maximum atomic E-state index is 5.92. The molecule has 7 nitrogen and oxygen atoms in total. The average molecular weight is 391 g/mol. The molecule has 0 radical (unpaired) electrons. The van der Waals surface area contributed by atoms with E-state index >= 15 is 0 Å². The van der Waals surface area contributed by atoms with Crippen LogP contribution in [0.2, 0.25) is 5.02 Å². The number of H-pyrrole nitrogens is 1. The predicted molar refractivity (Wildman–Crippen MR) is 107 cm³/mol. The number of aliphatic imine (C=N–C) groups is 1. The Labute approximate surface area is 165 Å². The van der Waals surface area contributed by atoms with E-state index in [0.29, 0.717) is 17.5 Å². The van der Waals surface area contributed by atoms with E-state index in [9.17, 15) is 0 Å². The van der Waals surface area contributed by atoms with Crippen molar-refractivity contribution >= 4 is 17.6 Å². The van der Waals surface area contributed by atoms with Crippen LogP contribution in [0.1, 0.15) is 38.4 Å². The van der Waals surface area contributed by atoms with Crippen molar-refractivity contribution in [2.24, 2.45) is 4.99 Å². The molecule has 2 aromatic rings. The Kier molecular flexibility index (Phi) is 6.92. The second-order valence-electron chi connectivity index (χ2n) is 6.71. The predicted octanol–water partition coefficient (Wildman–Crippen LogP) is 3.07. The summed E-state index contributed by atoms with van der Waals surface area (Å²) in [5, 5.41) is 11.1. The third-order valence-electron chi connectivity index (χ3n) is 4.60. The lowest BCUT2D eigenvalue weighted by Gasteiger charge is -2.33. The first-order chi connectivity index (χ1) is 13.2. The average Bonchev–Trinajstić information content (AvgIpc) is 3.22. The van der Waals surface area contributed by atoms with Gasteiger partial charge in [-0.05, 0) is 51.0 Å². The lowest BCUT2D eigenvalue weighted by atomic mass is 9.96. The number of nitrogens with zero attached hydrogens (tertiary/aromatic N) is 4. The van der Waals surface area contributed by atoms with Crippen LogP contribution in [0.15, 0.2) is 35.6 Å². The molecule has 0 amide bonds. The SMILES string of the molecule is CCNC(=NCC(C)Oc1ccc(Cl)cc1)N1CCC(c2ncn[nH]2)CC1. The Morgan fingerprint density at radius 3 is 2.74 bits per heavy atom. The van der Waals surface area contributed by atoms with E-state index in [4.69, 9.17) is 21.3 Å². The standard InChI is InChI=1S/C19H27ClN6O/c1-3-21-19(22-12-14(2)27-17-6-4-16(20)5-7-17)26-10-8-15(9-11-26)18-23-13-24-25-18/h4-7,13-15H,3,8-12H2,1-2H3,(H,21,22)(H,23,24,25). The summed E-state index contributed by atoms with van der Waals surface area (Å²) in [6, 6.07) is 7.41. The molecule has 0 aliphatic carbocycles. The molecular weight excluding hydrogens is 364 g/mol. The molecule has 1 aromatic heterocycles. The summed E-state index contributed by atoms with van der Waals surface area (Å²) in [5.41, 5.74) is 0. The summed E-state index contributed by atoms with van der Waals surface area (Å²) in [4.78, 5) is 11.4. The van der Waals surface area contributed by atoms with Crippen LogP contribution < -0.4 is 10.1 Å². The number of ether oxygens (including phenoxy) is 1. The molecular formula is C19H27ClN6O. The van der Waals surface area contributed by atoms with Crippen LogP contribution >= 0.6 is 11.6 Å². The van der Waals surface area contributed by atoms with Crippen molar-refractivity contribution in [3.63, 3.8) is 0 Å². The van der Waals surface area contributed by atoms with Gasteiger partial charge in [-0.1, -0.05) is 11.6 Å². The monoisotopic (exact) mass is 390 g/mol. The minimum atomic E-state index is -0.0217. The molecule has 1 aliphatic heterocycles. The Balaban J connectivity index is 1.54. The number of guanidine groups is 1. The van der Waals surface area contributed by atoms with Gasteiger partial charge in [-0.3, -0.25) is 5.10 Å². The first-order valence-corrected chi connectivity index (χ1v) is 9.84. The number of nitrogens with one attached hydrogen (secondary N) is 2. The molecule has 1 aliphatic rings. The molecule has 0 bridgehead atoms. The van der Waals surface area contributed by atoms with Crippen molar-refractivity contribution in [2.45, 2.75) is 38.7 Å². The van der Waals surface area contributed by atoms with E-state index in [1.54, 1.807) is 6.33 Å². The number of halogens is 1. The van der Waals surface area contributed by atoms with Gasteiger partial charge in [0.1, 0.15) is 24.0 Å². The van der Waals surface area contributed by atoms with Crippen molar-refractivity contribution < 1.29 is 4.74 Å². The van der Waals surface area contributed by atoms with Crippen LogP contribution in [0.4, 0.5) is 0 Å². The second kappa shape index (κ2) is 9.60. The van der Waals surface area contributed by atoms with Crippen LogP contribution in [0.5, 0.6) is 5.75 Å². The number of hydrogen-bond donors (Lipinski definition) is 2. The fourth-order valence-electron chi connectivity index (χ4n) is 3.20. The molecule has 3 rings (SSSR count). The summed E-state index contributed by atoms with van der Waals surface area (Å²) in [5.74, 6) is 3.18. The van der Waals surface area contributed by atoms with Crippen LogP contribution in [0.25, 0.3) is 0 Å². The van der Waals surface area contributed by atoms with Gasteiger partial charge in [-0.25, -0.2) is 9.98 Å². The molecule has 146 valence electrons. The fourth-order valence-corrected chi connectivity index (χ4v) is 3.33. The minimum Gasteiger partial charge on any atom is -0.489 e. The highest BCUT2D eigenvalue weighted by Gasteiger charge is 2.24. The molecule has 1 aromatic carbocycles. The van der Waals surface area contributed by atoms with Gasteiger partial charge in [0.15, 0.2) is 5.96 Å². The molecule has 2 heterocycles. The van der Waals surface area contributed by atoms with Gasteiger partial charge in [-0.2, -0.15) is 5.10 Å². The number of benzene rings is 1. The summed E-state index contributed by atoms with van der Waals surface area (Å²) in [6.07, 6.45) is 3.63. The number of piperidine rings is 1. The zero-order chi connectivity index (χ0) is 19.1. The summed E-state index contributed by atoms with van der Waals surface area (Å²) in [7, 11) is 0. The summed E-state index contributed by atoms with van der Waals surface area (Å²) in [6.45, 7) is 7.44. The van der Waals surface area contributed by atoms with Crippen molar-refractivity contribution in [2.75, 3.05) is 26.2 Å². The van der Waals surface area contributed by atoms with Gasteiger partial charge in [0.2, 0.25) is 0 Å². The number of aromatic nitrogens is 3. The molecule has 1 unspecified atom stereocenters. The van der Waals surface area contributed by atoms with Crippen molar-refractivity contribution in [1.29, 1.82) is 0 Å².